The maximum absolute atomic E-state index is 13.0. The lowest BCUT2D eigenvalue weighted by Crippen LogP contribution is -2.22. The van der Waals surface area contributed by atoms with E-state index in [0.29, 0.717) is 24.6 Å². The molecule has 36 heavy (non-hydrogen) atoms. The minimum Gasteiger partial charge on any atom is -0.348 e. The van der Waals surface area contributed by atoms with Crippen molar-refractivity contribution in [3.8, 4) is 6.07 Å². The Hall–Kier alpha value is -3.84. The molecule has 4 heteroatoms. The molecule has 182 valence electrons. The molecule has 0 radical (unpaired) electrons. The number of nitriles is 1. The first-order valence-corrected chi connectivity index (χ1v) is 12.7. The molecule has 5 rings (SSSR count). The summed E-state index contributed by atoms with van der Waals surface area (Å²) in [4.78, 5) is 13.0. The zero-order chi connectivity index (χ0) is 25.4. The molecule has 4 nitrogen and oxygen atoms in total. The Kier molecular flexibility index (Phi) is 6.18. The number of hydrogen-bond acceptors (Lipinski definition) is 2. The largest absolute Gasteiger partial charge is 0.348 e. The Bertz CT molecular complexity index is 1500. The van der Waals surface area contributed by atoms with Crippen LogP contribution in [0.2, 0.25) is 0 Å². The monoisotopic (exact) mass is 475 g/mol. The summed E-state index contributed by atoms with van der Waals surface area (Å²) in [6.07, 6.45) is 2.55. The van der Waals surface area contributed by atoms with Gasteiger partial charge in [0.2, 0.25) is 0 Å². The molecule has 3 aromatic carbocycles. The van der Waals surface area contributed by atoms with E-state index in [1.54, 1.807) is 0 Å². The highest BCUT2D eigenvalue weighted by Gasteiger charge is 2.23. The van der Waals surface area contributed by atoms with Crippen LogP contribution in [0.25, 0.3) is 10.9 Å². The summed E-state index contributed by atoms with van der Waals surface area (Å²) >= 11 is 0. The van der Waals surface area contributed by atoms with Crippen LogP contribution in [0.5, 0.6) is 0 Å². The molecule has 1 saturated carbocycles. The summed E-state index contributed by atoms with van der Waals surface area (Å²) in [6.45, 7) is 9.39. The van der Waals surface area contributed by atoms with Gasteiger partial charge in [0.15, 0.2) is 0 Å². The number of rotatable bonds is 7. The van der Waals surface area contributed by atoms with E-state index < -0.39 is 5.41 Å². The van der Waals surface area contributed by atoms with Crippen LogP contribution in [-0.2, 0) is 18.5 Å². The van der Waals surface area contributed by atoms with Crippen LogP contribution < -0.4 is 5.32 Å². The van der Waals surface area contributed by atoms with Gasteiger partial charge >= 0.3 is 0 Å². The molecule has 1 amide bonds. The molecule has 1 heterocycles. The van der Waals surface area contributed by atoms with Gasteiger partial charge in [0.1, 0.15) is 0 Å². The maximum Gasteiger partial charge on any atom is 0.251 e. The number of aryl methyl sites for hydroxylation is 1. The lowest BCUT2D eigenvalue weighted by molar-refractivity contribution is 0.0951. The average molecular weight is 476 g/mol. The van der Waals surface area contributed by atoms with Crippen LogP contribution in [0, 0.1) is 25.2 Å². The van der Waals surface area contributed by atoms with Gasteiger partial charge in [-0.2, -0.15) is 5.26 Å². The van der Waals surface area contributed by atoms with Crippen LogP contribution in [0.15, 0.2) is 66.7 Å². The lowest BCUT2D eigenvalue weighted by Gasteiger charge is -2.17. The molecule has 0 spiro atoms. The number of carbonyl (C=O) groups is 1. The Morgan fingerprint density at radius 1 is 1.03 bits per heavy atom. The highest BCUT2D eigenvalue weighted by molar-refractivity contribution is 5.99. The summed E-state index contributed by atoms with van der Waals surface area (Å²) in [5, 5.41) is 13.7. The minimum atomic E-state index is -0.527. The number of carbonyl (C=O) groups excluding carboxylic acids is 1. The Morgan fingerprint density at radius 2 is 1.78 bits per heavy atom. The first-order chi connectivity index (χ1) is 17.3. The topological polar surface area (TPSA) is 57.8 Å². The van der Waals surface area contributed by atoms with Crippen molar-refractivity contribution in [1.29, 1.82) is 5.26 Å². The number of benzene rings is 3. The molecule has 1 aliphatic rings. The first kappa shape index (κ1) is 23.9. The SMILES string of the molecule is Cc1c(C)n(Cc2cccc(C(C)(C)C#N)c2)c2ccc(C(=O)NCc3cccc(C4CC4)c3)cc12. The van der Waals surface area contributed by atoms with Gasteiger partial charge in [-0.25, -0.2) is 0 Å². The zero-order valence-corrected chi connectivity index (χ0v) is 21.6. The van der Waals surface area contributed by atoms with Crippen molar-refractivity contribution in [2.45, 2.75) is 65.0 Å². The molecule has 1 N–H and O–H groups in total. The third-order valence-electron chi connectivity index (χ3n) is 7.62. The highest BCUT2D eigenvalue weighted by Crippen LogP contribution is 2.40. The van der Waals surface area contributed by atoms with E-state index in [4.69, 9.17) is 0 Å². The molecule has 0 atom stereocenters. The van der Waals surface area contributed by atoms with Gasteiger partial charge < -0.3 is 9.88 Å². The molecular formula is C32H33N3O. The molecular weight excluding hydrogens is 442 g/mol. The predicted molar refractivity (Wildman–Crippen MR) is 145 cm³/mol. The fraction of sp³-hybridized carbons (Fsp3) is 0.312. The fourth-order valence-corrected chi connectivity index (χ4v) is 4.96. The second-order valence-corrected chi connectivity index (χ2v) is 10.7. The van der Waals surface area contributed by atoms with Gasteiger partial charge in [0.05, 0.1) is 11.5 Å². The summed E-state index contributed by atoms with van der Waals surface area (Å²) in [6, 6.07) is 25.3. The van der Waals surface area contributed by atoms with Crippen LogP contribution in [0.3, 0.4) is 0 Å². The van der Waals surface area contributed by atoms with E-state index in [2.05, 4.69) is 72.3 Å². The van der Waals surface area contributed by atoms with Crippen molar-refractivity contribution in [2.24, 2.45) is 0 Å². The molecule has 0 aliphatic heterocycles. The Balaban J connectivity index is 1.37. The molecule has 0 saturated heterocycles. The highest BCUT2D eigenvalue weighted by atomic mass is 16.1. The smallest absolute Gasteiger partial charge is 0.251 e. The number of aromatic nitrogens is 1. The van der Waals surface area contributed by atoms with Crippen molar-refractivity contribution in [2.75, 3.05) is 0 Å². The Labute approximate surface area is 213 Å². The number of nitrogens with zero attached hydrogens (tertiary/aromatic N) is 2. The standard InChI is InChI=1S/C32H33N3O/c1-21-22(2)35(19-24-8-6-10-28(16-24)32(3,4)20-33)30-14-13-27(17-29(21)30)31(36)34-18-23-7-5-9-26(15-23)25-11-12-25/h5-10,13-17,25H,11-12,18-19H2,1-4H3,(H,34,36). The maximum atomic E-state index is 13.0. The van der Waals surface area contributed by atoms with E-state index in [0.717, 1.165) is 27.6 Å². The van der Waals surface area contributed by atoms with Crippen LogP contribution in [0.1, 0.15) is 76.5 Å². The summed E-state index contributed by atoms with van der Waals surface area (Å²) in [7, 11) is 0. The summed E-state index contributed by atoms with van der Waals surface area (Å²) < 4.78 is 2.30. The fourth-order valence-electron chi connectivity index (χ4n) is 4.96. The summed E-state index contributed by atoms with van der Waals surface area (Å²) in [5.41, 5.74) is 8.35. The van der Waals surface area contributed by atoms with Gasteiger partial charge in [0, 0.05) is 35.2 Å². The van der Waals surface area contributed by atoms with Gasteiger partial charge in [-0.3, -0.25) is 4.79 Å². The van der Waals surface area contributed by atoms with Crippen molar-refractivity contribution < 1.29 is 4.79 Å². The van der Waals surface area contributed by atoms with E-state index in [1.165, 1.54) is 29.7 Å². The molecule has 1 aromatic heterocycles. The third kappa shape index (κ3) is 4.66. The number of fused-ring (bicyclic) bond motifs is 1. The quantitative estimate of drug-likeness (QED) is 0.316. The number of nitrogens with one attached hydrogen (secondary N) is 1. The molecule has 0 bridgehead atoms. The van der Waals surface area contributed by atoms with E-state index in [1.807, 2.05) is 38.1 Å². The van der Waals surface area contributed by atoms with Crippen molar-refractivity contribution in [3.63, 3.8) is 0 Å². The second kappa shape index (κ2) is 9.32. The van der Waals surface area contributed by atoms with Crippen molar-refractivity contribution in [1.82, 2.24) is 9.88 Å². The van der Waals surface area contributed by atoms with Crippen molar-refractivity contribution in [3.05, 3.63) is 106 Å². The zero-order valence-electron chi connectivity index (χ0n) is 21.6. The first-order valence-electron chi connectivity index (χ1n) is 12.7. The van der Waals surface area contributed by atoms with Gasteiger partial charge in [-0.1, -0.05) is 48.5 Å². The van der Waals surface area contributed by atoms with Gasteiger partial charge in [-0.05, 0) is 92.5 Å². The average Bonchev–Trinajstić information content (AvgIpc) is 3.72. The number of amides is 1. The van der Waals surface area contributed by atoms with Crippen LogP contribution in [-0.4, -0.2) is 10.5 Å². The van der Waals surface area contributed by atoms with Gasteiger partial charge in [0.25, 0.3) is 5.91 Å². The van der Waals surface area contributed by atoms with Crippen LogP contribution >= 0.6 is 0 Å². The predicted octanol–water partition coefficient (Wildman–Crippen LogP) is 6.92. The van der Waals surface area contributed by atoms with Crippen molar-refractivity contribution >= 4 is 16.8 Å². The molecule has 1 fully saturated rings. The molecule has 4 aromatic rings. The molecule has 0 unspecified atom stereocenters. The Morgan fingerprint density at radius 3 is 2.53 bits per heavy atom. The minimum absolute atomic E-state index is 0.0510. The lowest BCUT2D eigenvalue weighted by atomic mass is 9.85. The van der Waals surface area contributed by atoms with Gasteiger partial charge in [-0.15, -0.1) is 0 Å². The normalized spacial score (nSPS) is 13.5. The summed E-state index contributed by atoms with van der Waals surface area (Å²) in [5.74, 6) is 0.656. The number of hydrogen-bond donors (Lipinski definition) is 1. The van der Waals surface area contributed by atoms with E-state index in [9.17, 15) is 10.1 Å². The van der Waals surface area contributed by atoms with E-state index in [-0.39, 0.29) is 5.91 Å². The second-order valence-electron chi connectivity index (χ2n) is 10.7. The molecule has 1 aliphatic carbocycles. The third-order valence-corrected chi connectivity index (χ3v) is 7.62. The van der Waals surface area contributed by atoms with E-state index >= 15 is 0 Å². The van der Waals surface area contributed by atoms with Crippen LogP contribution in [0.4, 0.5) is 0 Å².